The summed E-state index contributed by atoms with van der Waals surface area (Å²) in [6.07, 6.45) is 1.48. The van der Waals surface area contributed by atoms with Crippen molar-refractivity contribution in [2.24, 2.45) is 0 Å². The van der Waals surface area contributed by atoms with Gasteiger partial charge in [0, 0.05) is 30.0 Å². The van der Waals surface area contributed by atoms with Crippen LogP contribution in [-0.4, -0.2) is 34.7 Å². The van der Waals surface area contributed by atoms with Crippen LogP contribution in [0.5, 0.6) is 11.5 Å². The van der Waals surface area contributed by atoms with Crippen LogP contribution in [0.25, 0.3) is 11.6 Å². The lowest BCUT2D eigenvalue weighted by Crippen LogP contribution is -2.30. The molecule has 39 heavy (non-hydrogen) atoms. The minimum Gasteiger partial charge on any atom is -0.494 e. The molecular weight excluding hydrogens is 550 g/mol. The number of sulfone groups is 1. The van der Waals surface area contributed by atoms with Crippen LogP contribution in [0, 0.1) is 11.6 Å². The Labute approximate surface area is 231 Å². The van der Waals surface area contributed by atoms with Gasteiger partial charge in [0.05, 0.1) is 29.4 Å². The molecule has 0 radical (unpaired) electrons. The van der Waals surface area contributed by atoms with Gasteiger partial charge in [0.15, 0.2) is 21.4 Å². The minimum atomic E-state index is -4.06. The predicted molar refractivity (Wildman–Crippen MR) is 145 cm³/mol. The number of esters is 1. The first kappa shape index (κ1) is 28.6. The molecular formula is C29H27ClF2O6S. The van der Waals surface area contributed by atoms with Crippen molar-refractivity contribution in [3.8, 4) is 11.5 Å². The molecule has 10 heteroatoms. The maximum absolute atomic E-state index is 14.5. The second-order valence-electron chi connectivity index (χ2n) is 9.14. The summed E-state index contributed by atoms with van der Waals surface area (Å²) >= 11 is 6.22. The largest absolute Gasteiger partial charge is 0.494 e. The van der Waals surface area contributed by atoms with Crippen LogP contribution >= 0.6 is 11.6 Å². The van der Waals surface area contributed by atoms with Crippen LogP contribution in [0.3, 0.4) is 0 Å². The SMILES string of the molecule is COC(=O)CCC1CC(S(=O)(=O)c2ccc(F)c(OC)c2)c2cc(C=C(C)c3c(F)cccc3Cl)ccc2O1. The van der Waals surface area contributed by atoms with Crippen molar-refractivity contribution in [3.63, 3.8) is 0 Å². The Balaban J connectivity index is 1.78. The van der Waals surface area contributed by atoms with E-state index in [1.807, 2.05) is 0 Å². The number of methoxy groups -OCH3 is 2. The van der Waals surface area contributed by atoms with Gasteiger partial charge in [-0.3, -0.25) is 4.79 Å². The van der Waals surface area contributed by atoms with E-state index >= 15 is 0 Å². The summed E-state index contributed by atoms with van der Waals surface area (Å²) in [5.41, 5.74) is 1.81. The zero-order valence-electron chi connectivity index (χ0n) is 21.5. The summed E-state index contributed by atoms with van der Waals surface area (Å²) in [7, 11) is -1.53. The van der Waals surface area contributed by atoms with Crippen molar-refractivity contribution in [2.75, 3.05) is 14.2 Å². The third kappa shape index (κ3) is 6.09. The Morgan fingerprint density at radius 1 is 1.10 bits per heavy atom. The Morgan fingerprint density at radius 2 is 1.87 bits per heavy atom. The molecule has 0 saturated heterocycles. The first-order valence-corrected chi connectivity index (χ1v) is 14.0. The number of hydrogen-bond acceptors (Lipinski definition) is 6. The lowest BCUT2D eigenvalue weighted by atomic mass is 9.96. The minimum absolute atomic E-state index is 0.0526. The molecule has 3 aromatic carbocycles. The van der Waals surface area contributed by atoms with Gasteiger partial charge in [0.2, 0.25) is 0 Å². The van der Waals surface area contributed by atoms with E-state index in [-0.39, 0.29) is 40.5 Å². The standard InChI is InChI=1S/C29H27ClF2O6S/c1-17(29-22(30)5-4-6-24(29)32)13-18-7-11-25-21(14-18)27(15-19(38-25)8-12-28(33)37-3)39(34,35)20-9-10-23(31)26(16-20)36-2/h4-7,9-11,13-14,16,19,27H,8,12,15H2,1-3H3. The van der Waals surface area contributed by atoms with Crippen LogP contribution in [-0.2, 0) is 19.4 Å². The van der Waals surface area contributed by atoms with Crippen molar-refractivity contribution in [3.05, 3.63) is 87.9 Å². The molecule has 0 fully saturated rings. The van der Waals surface area contributed by atoms with Gasteiger partial charge in [0.1, 0.15) is 17.7 Å². The Kier molecular flexibility index (Phi) is 8.61. The monoisotopic (exact) mass is 576 g/mol. The highest BCUT2D eigenvalue weighted by atomic mass is 35.5. The highest BCUT2D eigenvalue weighted by Gasteiger charge is 2.38. The lowest BCUT2D eigenvalue weighted by Gasteiger charge is -2.32. The molecule has 0 aromatic heterocycles. The van der Waals surface area contributed by atoms with Crippen molar-refractivity contribution in [1.29, 1.82) is 0 Å². The first-order valence-electron chi connectivity index (χ1n) is 12.1. The van der Waals surface area contributed by atoms with E-state index in [4.69, 9.17) is 25.8 Å². The zero-order valence-corrected chi connectivity index (χ0v) is 23.1. The Hall–Kier alpha value is -3.43. The normalized spacial score (nSPS) is 17.2. The smallest absolute Gasteiger partial charge is 0.305 e. The number of halogens is 3. The van der Waals surface area contributed by atoms with Crippen LogP contribution in [0.4, 0.5) is 8.78 Å². The maximum atomic E-state index is 14.5. The van der Waals surface area contributed by atoms with Crippen LogP contribution in [0.15, 0.2) is 59.5 Å². The number of carbonyl (C=O) groups is 1. The van der Waals surface area contributed by atoms with Crippen molar-refractivity contribution < 1.29 is 36.2 Å². The lowest BCUT2D eigenvalue weighted by molar-refractivity contribution is -0.141. The van der Waals surface area contributed by atoms with Gasteiger partial charge in [-0.05, 0) is 60.9 Å². The number of ether oxygens (including phenoxy) is 3. The summed E-state index contributed by atoms with van der Waals surface area (Å²) in [6, 6.07) is 12.9. The summed E-state index contributed by atoms with van der Waals surface area (Å²) < 4.78 is 72.1. The molecule has 4 rings (SSSR count). The molecule has 2 unspecified atom stereocenters. The molecule has 0 aliphatic carbocycles. The fourth-order valence-electron chi connectivity index (χ4n) is 4.64. The van der Waals surface area contributed by atoms with E-state index in [0.717, 1.165) is 12.1 Å². The van der Waals surface area contributed by atoms with Crippen LogP contribution in [0.1, 0.15) is 48.1 Å². The molecule has 0 saturated carbocycles. The molecule has 206 valence electrons. The summed E-state index contributed by atoms with van der Waals surface area (Å²) in [5, 5.41) is -0.811. The predicted octanol–water partition coefficient (Wildman–Crippen LogP) is 6.81. The third-order valence-corrected chi connectivity index (χ3v) is 9.04. The second-order valence-corrected chi connectivity index (χ2v) is 11.7. The van der Waals surface area contributed by atoms with E-state index in [2.05, 4.69) is 0 Å². The summed E-state index contributed by atoms with van der Waals surface area (Å²) in [5.74, 6) is -1.45. The highest BCUT2D eigenvalue weighted by molar-refractivity contribution is 7.91. The average Bonchev–Trinajstić information content (AvgIpc) is 2.91. The van der Waals surface area contributed by atoms with Gasteiger partial charge in [-0.25, -0.2) is 17.2 Å². The van der Waals surface area contributed by atoms with E-state index in [9.17, 15) is 22.0 Å². The average molecular weight is 577 g/mol. The van der Waals surface area contributed by atoms with Crippen molar-refractivity contribution in [2.45, 2.75) is 42.4 Å². The molecule has 1 heterocycles. The third-order valence-electron chi connectivity index (χ3n) is 6.62. The molecule has 1 aliphatic rings. The number of rotatable bonds is 8. The second kappa shape index (κ2) is 11.8. The van der Waals surface area contributed by atoms with Crippen LogP contribution < -0.4 is 9.47 Å². The fraction of sp³-hybridized carbons (Fsp3) is 0.276. The molecule has 0 spiro atoms. The number of carbonyl (C=O) groups excluding carboxylic acids is 1. The molecule has 6 nitrogen and oxygen atoms in total. The maximum Gasteiger partial charge on any atom is 0.305 e. The molecule has 0 N–H and O–H groups in total. The summed E-state index contributed by atoms with van der Waals surface area (Å²) in [4.78, 5) is 11.6. The van der Waals surface area contributed by atoms with Gasteiger partial charge in [-0.15, -0.1) is 0 Å². The quantitative estimate of drug-likeness (QED) is 0.167. The van der Waals surface area contributed by atoms with Crippen LogP contribution in [0.2, 0.25) is 5.02 Å². The number of allylic oxidation sites excluding steroid dienone is 1. The van der Waals surface area contributed by atoms with Crippen molar-refractivity contribution in [1.82, 2.24) is 0 Å². The van der Waals surface area contributed by atoms with Gasteiger partial charge in [-0.2, -0.15) is 0 Å². The zero-order chi connectivity index (χ0) is 28.3. The molecule has 1 aliphatic heterocycles. The number of hydrogen-bond donors (Lipinski definition) is 0. The molecule has 2 atom stereocenters. The van der Waals surface area contributed by atoms with E-state index in [0.29, 0.717) is 22.4 Å². The molecule has 0 bridgehead atoms. The molecule has 0 amide bonds. The highest BCUT2D eigenvalue weighted by Crippen LogP contribution is 2.44. The van der Waals surface area contributed by atoms with E-state index < -0.39 is 38.8 Å². The van der Waals surface area contributed by atoms with Gasteiger partial charge < -0.3 is 14.2 Å². The van der Waals surface area contributed by atoms with Gasteiger partial charge >= 0.3 is 5.97 Å². The summed E-state index contributed by atoms with van der Waals surface area (Å²) in [6.45, 7) is 1.71. The van der Waals surface area contributed by atoms with E-state index in [1.165, 1.54) is 32.4 Å². The number of benzene rings is 3. The Bertz CT molecular complexity index is 1520. The number of fused-ring (bicyclic) bond motifs is 1. The fourth-order valence-corrected chi connectivity index (χ4v) is 6.79. The van der Waals surface area contributed by atoms with Crippen molar-refractivity contribution >= 4 is 39.1 Å². The molecule has 3 aromatic rings. The topological polar surface area (TPSA) is 78.9 Å². The van der Waals surface area contributed by atoms with Gasteiger partial charge in [-0.1, -0.05) is 29.8 Å². The van der Waals surface area contributed by atoms with E-state index in [1.54, 1.807) is 37.3 Å². The first-order chi connectivity index (χ1) is 18.5. The van der Waals surface area contributed by atoms with Gasteiger partial charge in [0.25, 0.3) is 0 Å². The Morgan fingerprint density at radius 3 is 2.56 bits per heavy atom.